The minimum atomic E-state index is -0.594. The second-order valence-electron chi connectivity index (χ2n) is 4.76. The SMILES string of the molecule is Cc1cccc(C)c1NCCC(C)(C)O. The average Bonchev–Trinajstić information content (AvgIpc) is 2.08. The Morgan fingerprint density at radius 2 is 1.73 bits per heavy atom. The van der Waals surface area contributed by atoms with Crippen molar-refractivity contribution in [3.05, 3.63) is 29.3 Å². The minimum absolute atomic E-state index is 0.594. The second kappa shape index (κ2) is 4.67. The van der Waals surface area contributed by atoms with Crippen molar-refractivity contribution in [1.82, 2.24) is 0 Å². The zero-order valence-corrected chi connectivity index (χ0v) is 10.1. The van der Waals surface area contributed by atoms with Crippen molar-refractivity contribution in [3.63, 3.8) is 0 Å². The van der Waals surface area contributed by atoms with Crippen LogP contribution in [0.3, 0.4) is 0 Å². The van der Waals surface area contributed by atoms with Crippen LogP contribution < -0.4 is 5.32 Å². The Kier molecular flexibility index (Phi) is 3.75. The van der Waals surface area contributed by atoms with Crippen molar-refractivity contribution in [2.75, 3.05) is 11.9 Å². The highest BCUT2D eigenvalue weighted by molar-refractivity contribution is 5.56. The van der Waals surface area contributed by atoms with Gasteiger partial charge >= 0.3 is 0 Å². The molecule has 0 saturated carbocycles. The lowest BCUT2D eigenvalue weighted by molar-refractivity contribution is 0.0748. The summed E-state index contributed by atoms with van der Waals surface area (Å²) in [6.45, 7) is 8.66. The molecule has 1 aromatic carbocycles. The molecule has 0 aromatic heterocycles. The Morgan fingerprint density at radius 3 is 2.20 bits per heavy atom. The van der Waals surface area contributed by atoms with Crippen LogP contribution in [0, 0.1) is 13.8 Å². The maximum absolute atomic E-state index is 9.59. The largest absolute Gasteiger partial charge is 0.390 e. The Morgan fingerprint density at radius 1 is 1.20 bits per heavy atom. The molecule has 0 aliphatic heterocycles. The van der Waals surface area contributed by atoms with Crippen molar-refractivity contribution in [1.29, 1.82) is 0 Å². The molecule has 0 spiro atoms. The van der Waals surface area contributed by atoms with E-state index in [1.807, 2.05) is 13.8 Å². The van der Waals surface area contributed by atoms with Crippen LogP contribution in [-0.2, 0) is 0 Å². The van der Waals surface area contributed by atoms with E-state index >= 15 is 0 Å². The highest BCUT2D eigenvalue weighted by atomic mass is 16.3. The molecule has 84 valence electrons. The van der Waals surface area contributed by atoms with Crippen LogP contribution in [0.5, 0.6) is 0 Å². The summed E-state index contributed by atoms with van der Waals surface area (Å²) in [7, 11) is 0. The van der Waals surface area contributed by atoms with Gasteiger partial charge in [-0.1, -0.05) is 18.2 Å². The highest BCUT2D eigenvalue weighted by Crippen LogP contribution is 2.19. The molecule has 0 aliphatic rings. The quantitative estimate of drug-likeness (QED) is 0.795. The fraction of sp³-hybridized carbons (Fsp3) is 0.538. The average molecular weight is 207 g/mol. The zero-order chi connectivity index (χ0) is 11.5. The van der Waals surface area contributed by atoms with E-state index in [1.54, 1.807) is 0 Å². The van der Waals surface area contributed by atoms with Crippen LogP contribution in [0.15, 0.2) is 18.2 Å². The second-order valence-corrected chi connectivity index (χ2v) is 4.76. The van der Waals surface area contributed by atoms with Gasteiger partial charge in [-0.05, 0) is 45.2 Å². The number of anilines is 1. The van der Waals surface area contributed by atoms with Gasteiger partial charge in [0.15, 0.2) is 0 Å². The normalized spacial score (nSPS) is 11.5. The molecule has 0 amide bonds. The first-order valence-electron chi connectivity index (χ1n) is 5.42. The molecule has 1 rings (SSSR count). The summed E-state index contributed by atoms with van der Waals surface area (Å²) >= 11 is 0. The third-order valence-electron chi connectivity index (χ3n) is 2.52. The van der Waals surface area contributed by atoms with E-state index in [0.717, 1.165) is 13.0 Å². The lowest BCUT2D eigenvalue weighted by Crippen LogP contribution is -2.23. The maximum atomic E-state index is 9.59. The molecule has 0 saturated heterocycles. The first-order chi connectivity index (χ1) is 6.90. The van der Waals surface area contributed by atoms with Crippen LogP contribution in [-0.4, -0.2) is 17.3 Å². The molecule has 0 unspecified atom stereocenters. The summed E-state index contributed by atoms with van der Waals surface area (Å²) in [6.07, 6.45) is 0.751. The van der Waals surface area contributed by atoms with Crippen molar-refractivity contribution in [3.8, 4) is 0 Å². The summed E-state index contributed by atoms with van der Waals surface area (Å²) in [4.78, 5) is 0. The molecule has 15 heavy (non-hydrogen) atoms. The molecule has 0 heterocycles. The molecule has 0 fully saturated rings. The molecule has 0 radical (unpaired) electrons. The van der Waals surface area contributed by atoms with E-state index in [2.05, 4.69) is 37.4 Å². The topological polar surface area (TPSA) is 32.3 Å². The van der Waals surface area contributed by atoms with E-state index in [9.17, 15) is 5.11 Å². The van der Waals surface area contributed by atoms with Gasteiger partial charge in [-0.2, -0.15) is 0 Å². The predicted octanol–water partition coefficient (Wildman–Crippen LogP) is 2.88. The van der Waals surface area contributed by atoms with Crippen LogP contribution >= 0.6 is 0 Å². The lowest BCUT2D eigenvalue weighted by Gasteiger charge is -2.19. The molecule has 2 N–H and O–H groups in total. The van der Waals surface area contributed by atoms with Gasteiger partial charge in [0.2, 0.25) is 0 Å². The summed E-state index contributed by atoms with van der Waals surface area (Å²) in [6, 6.07) is 6.25. The van der Waals surface area contributed by atoms with Crippen molar-refractivity contribution in [2.24, 2.45) is 0 Å². The van der Waals surface area contributed by atoms with Gasteiger partial charge in [0.05, 0.1) is 5.60 Å². The maximum Gasteiger partial charge on any atom is 0.0608 e. The Hall–Kier alpha value is -1.02. The first kappa shape index (κ1) is 12.1. The summed E-state index contributed by atoms with van der Waals surface area (Å²) < 4.78 is 0. The smallest absolute Gasteiger partial charge is 0.0608 e. The Balaban J connectivity index is 2.58. The third kappa shape index (κ3) is 3.92. The number of aryl methyl sites for hydroxylation is 2. The fourth-order valence-corrected chi connectivity index (χ4v) is 1.59. The van der Waals surface area contributed by atoms with E-state index in [0.29, 0.717) is 0 Å². The van der Waals surface area contributed by atoms with Crippen molar-refractivity contribution < 1.29 is 5.11 Å². The van der Waals surface area contributed by atoms with Crippen LogP contribution in [0.4, 0.5) is 5.69 Å². The molecule has 2 nitrogen and oxygen atoms in total. The van der Waals surface area contributed by atoms with E-state index in [1.165, 1.54) is 16.8 Å². The van der Waals surface area contributed by atoms with Gasteiger partial charge in [-0.25, -0.2) is 0 Å². The lowest BCUT2D eigenvalue weighted by atomic mass is 10.0. The standard InChI is InChI=1S/C13H21NO/c1-10-6-5-7-11(2)12(10)14-9-8-13(3,4)15/h5-7,14-15H,8-9H2,1-4H3. The van der Waals surface area contributed by atoms with Gasteiger partial charge in [0.25, 0.3) is 0 Å². The summed E-state index contributed by atoms with van der Waals surface area (Å²) in [5, 5.41) is 13.0. The monoisotopic (exact) mass is 207 g/mol. The molecule has 2 heteroatoms. The molecule has 0 bridgehead atoms. The van der Waals surface area contributed by atoms with E-state index < -0.39 is 5.60 Å². The number of rotatable bonds is 4. The number of hydrogen-bond donors (Lipinski definition) is 2. The van der Waals surface area contributed by atoms with Crippen LogP contribution in [0.25, 0.3) is 0 Å². The van der Waals surface area contributed by atoms with Crippen LogP contribution in [0.1, 0.15) is 31.4 Å². The Labute approximate surface area is 92.3 Å². The van der Waals surface area contributed by atoms with Gasteiger partial charge in [-0.15, -0.1) is 0 Å². The number of para-hydroxylation sites is 1. The molecule has 1 aromatic rings. The summed E-state index contributed by atoms with van der Waals surface area (Å²) in [5.74, 6) is 0. The molecular formula is C13H21NO. The van der Waals surface area contributed by atoms with Crippen molar-refractivity contribution in [2.45, 2.75) is 39.7 Å². The fourth-order valence-electron chi connectivity index (χ4n) is 1.59. The predicted molar refractivity (Wildman–Crippen MR) is 65.3 cm³/mol. The van der Waals surface area contributed by atoms with E-state index in [-0.39, 0.29) is 0 Å². The number of benzene rings is 1. The first-order valence-corrected chi connectivity index (χ1v) is 5.42. The van der Waals surface area contributed by atoms with Gasteiger partial charge in [0, 0.05) is 12.2 Å². The zero-order valence-electron chi connectivity index (χ0n) is 10.1. The summed E-state index contributed by atoms with van der Waals surface area (Å²) in [5.41, 5.74) is 3.11. The van der Waals surface area contributed by atoms with Crippen molar-refractivity contribution >= 4 is 5.69 Å². The molecule has 0 aliphatic carbocycles. The number of aliphatic hydroxyl groups is 1. The number of nitrogens with one attached hydrogen (secondary N) is 1. The highest BCUT2D eigenvalue weighted by Gasteiger charge is 2.11. The molecule has 0 atom stereocenters. The van der Waals surface area contributed by atoms with E-state index in [4.69, 9.17) is 0 Å². The molecular weight excluding hydrogens is 186 g/mol. The Bertz CT molecular complexity index is 306. The van der Waals surface area contributed by atoms with Gasteiger partial charge < -0.3 is 10.4 Å². The third-order valence-corrected chi connectivity index (χ3v) is 2.52. The van der Waals surface area contributed by atoms with Gasteiger partial charge in [0.1, 0.15) is 0 Å². The van der Waals surface area contributed by atoms with Gasteiger partial charge in [-0.3, -0.25) is 0 Å². The number of hydrogen-bond acceptors (Lipinski definition) is 2. The van der Waals surface area contributed by atoms with Crippen LogP contribution in [0.2, 0.25) is 0 Å². The minimum Gasteiger partial charge on any atom is -0.390 e.